The fraction of sp³-hybridized carbons (Fsp3) is 0.611. The summed E-state index contributed by atoms with van der Waals surface area (Å²) < 4.78 is 7.48. The van der Waals surface area contributed by atoms with Crippen LogP contribution in [0.15, 0.2) is 18.3 Å². The third kappa shape index (κ3) is 3.76. The number of anilines is 1. The molecule has 0 aliphatic carbocycles. The minimum absolute atomic E-state index is 0.113. The van der Waals surface area contributed by atoms with Crippen LogP contribution in [0.4, 0.5) is 5.82 Å². The molecule has 0 radical (unpaired) electrons. The van der Waals surface area contributed by atoms with Crippen molar-refractivity contribution in [3.63, 3.8) is 0 Å². The normalized spacial score (nSPS) is 24.0. The van der Waals surface area contributed by atoms with Gasteiger partial charge in [-0.1, -0.05) is 0 Å². The van der Waals surface area contributed by atoms with Crippen molar-refractivity contribution in [2.24, 2.45) is 0 Å². The van der Waals surface area contributed by atoms with Crippen LogP contribution >= 0.6 is 0 Å². The van der Waals surface area contributed by atoms with E-state index in [1.54, 1.807) is 4.52 Å². The molecule has 134 valence electrons. The fourth-order valence-corrected chi connectivity index (χ4v) is 3.68. The summed E-state index contributed by atoms with van der Waals surface area (Å²) in [4.78, 5) is 18.8. The summed E-state index contributed by atoms with van der Waals surface area (Å²) in [7, 11) is 0. The van der Waals surface area contributed by atoms with Gasteiger partial charge in [0.15, 0.2) is 5.65 Å². The average Bonchev–Trinajstić information content (AvgIpc) is 3.21. The Kier molecular flexibility index (Phi) is 4.57. The van der Waals surface area contributed by atoms with E-state index >= 15 is 0 Å². The van der Waals surface area contributed by atoms with Crippen molar-refractivity contribution in [1.82, 2.24) is 19.5 Å². The lowest BCUT2D eigenvalue weighted by molar-refractivity contribution is -0.134. The van der Waals surface area contributed by atoms with Crippen LogP contribution in [-0.4, -0.2) is 57.2 Å². The Morgan fingerprint density at radius 2 is 2.28 bits per heavy atom. The summed E-state index contributed by atoms with van der Waals surface area (Å²) in [5, 5.41) is 7.99. The number of carbonyl (C=O) groups excluding carboxylic acids is 1. The molecule has 4 rings (SSSR count). The Morgan fingerprint density at radius 3 is 3.12 bits per heavy atom. The molecule has 2 saturated heterocycles. The van der Waals surface area contributed by atoms with Crippen molar-refractivity contribution in [3.05, 3.63) is 24.0 Å². The second-order valence-corrected chi connectivity index (χ2v) is 7.07. The van der Waals surface area contributed by atoms with Gasteiger partial charge in [-0.15, -0.1) is 5.10 Å². The molecule has 2 aliphatic rings. The Balaban J connectivity index is 1.32. The Morgan fingerprint density at radius 1 is 1.36 bits per heavy atom. The van der Waals surface area contributed by atoms with E-state index in [4.69, 9.17) is 4.74 Å². The predicted octanol–water partition coefficient (Wildman–Crippen LogP) is 2.01. The third-order valence-corrected chi connectivity index (χ3v) is 5.01. The van der Waals surface area contributed by atoms with E-state index in [9.17, 15) is 4.79 Å². The standard InChI is InChI=1S/C18H25N5O2/c1-13-11-23-17(19-13)6-5-16(21-23)20-14-7-8-22(12-14)18(24)10-15-4-2-3-9-25-15/h5-6,11,14-15H,2-4,7-10,12H2,1H3,(H,20,21). The van der Waals surface area contributed by atoms with Crippen LogP contribution in [0.5, 0.6) is 0 Å². The molecule has 7 nitrogen and oxygen atoms in total. The molecule has 2 unspecified atom stereocenters. The number of amides is 1. The number of carbonyl (C=O) groups is 1. The molecule has 25 heavy (non-hydrogen) atoms. The van der Waals surface area contributed by atoms with Gasteiger partial charge >= 0.3 is 0 Å². The number of aryl methyl sites for hydroxylation is 1. The number of nitrogens with one attached hydrogen (secondary N) is 1. The van der Waals surface area contributed by atoms with Crippen LogP contribution in [0.1, 0.15) is 37.8 Å². The SMILES string of the molecule is Cc1cn2nc(NC3CCN(C(=O)CC4CCCCO4)C3)ccc2n1. The van der Waals surface area contributed by atoms with E-state index in [2.05, 4.69) is 15.4 Å². The first-order valence-corrected chi connectivity index (χ1v) is 9.16. The van der Waals surface area contributed by atoms with E-state index in [-0.39, 0.29) is 18.1 Å². The number of nitrogens with zero attached hydrogens (tertiary/aromatic N) is 4. The van der Waals surface area contributed by atoms with Crippen molar-refractivity contribution in [2.45, 2.75) is 51.2 Å². The van der Waals surface area contributed by atoms with E-state index in [1.807, 2.05) is 30.2 Å². The molecule has 2 aliphatic heterocycles. The van der Waals surface area contributed by atoms with Crippen LogP contribution in [0.25, 0.3) is 5.65 Å². The summed E-state index contributed by atoms with van der Waals surface area (Å²) in [6, 6.07) is 4.15. The van der Waals surface area contributed by atoms with Gasteiger partial charge in [-0.05, 0) is 44.7 Å². The molecular weight excluding hydrogens is 318 g/mol. The first-order chi connectivity index (χ1) is 12.2. The number of hydrogen-bond acceptors (Lipinski definition) is 5. The van der Waals surface area contributed by atoms with E-state index in [0.29, 0.717) is 6.42 Å². The monoisotopic (exact) mass is 343 g/mol. The quantitative estimate of drug-likeness (QED) is 0.919. The highest BCUT2D eigenvalue weighted by Gasteiger charge is 2.28. The molecule has 0 aromatic carbocycles. The summed E-state index contributed by atoms with van der Waals surface area (Å²) in [5.41, 5.74) is 1.80. The van der Waals surface area contributed by atoms with Gasteiger partial charge in [-0.25, -0.2) is 9.50 Å². The molecule has 1 N–H and O–H groups in total. The zero-order valence-corrected chi connectivity index (χ0v) is 14.6. The van der Waals surface area contributed by atoms with Gasteiger partial charge in [0.2, 0.25) is 5.91 Å². The summed E-state index contributed by atoms with van der Waals surface area (Å²) >= 11 is 0. The first-order valence-electron chi connectivity index (χ1n) is 9.16. The van der Waals surface area contributed by atoms with Crippen molar-refractivity contribution >= 4 is 17.4 Å². The van der Waals surface area contributed by atoms with Crippen LogP contribution < -0.4 is 5.32 Å². The van der Waals surface area contributed by atoms with Gasteiger partial charge < -0.3 is 15.0 Å². The number of hydrogen-bond donors (Lipinski definition) is 1. The Labute approximate surface area is 147 Å². The third-order valence-electron chi connectivity index (χ3n) is 5.01. The predicted molar refractivity (Wildman–Crippen MR) is 94.5 cm³/mol. The molecule has 0 spiro atoms. The zero-order valence-electron chi connectivity index (χ0n) is 14.6. The largest absolute Gasteiger partial charge is 0.378 e. The van der Waals surface area contributed by atoms with Crippen molar-refractivity contribution < 1.29 is 9.53 Å². The molecule has 7 heteroatoms. The molecule has 0 bridgehead atoms. The Bertz CT molecular complexity index is 753. The van der Waals surface area contributed by atoms with E-state index in [0.717, 1.165) is 56.1 Å². The molecular formula is C18H25N5O2. The maximum atomic E-state index is 12.5. The molecule has 1 amide bonds. The van der Waals surface area contributed by atoms with E-state index in [1.165, 1.54) is 6.42 Å². The number of ether oxygens (including phenoxy) is 1. The second kappa shape index (κ2) is 7.00. The summed E-state index contributed by atoms with van der Waals surface area (Å²) in [6.45, 7) is 4.28. The molecule has 2 fully saturated rings. The molecule has 2 atom stereocenters. The zero-order chi connectivity index (χ0) is 17.2. The lowest BCUT2D eigenvalue weighted by atomic mass is 10.1. The maximum Gasteiger partial charge on any atom is 0.225 e. The fourth-order valence-electron chi connectivity index (χ4n) is 3.68. The minimum atomic E-state index is 0.113. The van der Waals surface area contributed by atoms with Crippen molar-refractivity contribution in [1.29, 1.82) is 0 Å². The number of likely N-dealkylation sites (tertiary alicyclic amines) is 1. The van der Waals surface area contributed by atoms with Crippen LogP contribution in [-0.2, 0) is 9.53 Å². The van der Waals surface area contributed by atoms with Gasteiger partial charge in [-0.3, -0.25) is 4.79 Å². The average molecular weight is 343 g/mol. The molecule has 4 heterocycles. The molecule has 2 aromatic rings. The van der Waals surface area contributed by atoms with Gasteiger partial charge in [0, 0.05) is 25.7 Å². The second-order valence-electron chi connectivity index (χ2n) is 7.07. The van der Waals surface area contributed by atoms with Gasteiger partial charge in [0.05, 0.1) is 24.4 Å². The van der Waals surface area contributed by atoms with Crippen LogP contribution in [0, 0.1) is 6.92 Å². The molecule has 0 saturated carbocycles. The van der Waals surface area contributed by atoms with Gasteiger partial charge in [0.1, 0.15) is 5.82 Å². The minimum Gasteiger partial charge on any atom is -0.378 e. The molecule has 2 aromatic heterocycles. The number of aromatic nitrogens is 3. The highest BCUT2D eigenvalue weighted by atomic mass is 16.5. The van der Waals surface area contributed by atoms with Crippen LogP contribution in [0.3, 0.4) is 0 Å². The smallest absolute Gasteiger partial charge is 0.225 e. The van der Waals surface area contributed by atoms with Gasteiger partial charge in [-0.2, -0.15) is 0 Å². The lowest BCUT2D eigenvalue weighted by Gasteiger charge is -2.24. The van der Waals surface area contributed by atoms with Crippen molar-refractivity contribution in [2.75, 3.05) is 25.0 Å². The number of rotatable bonds is 4. The van der Waals surface area contributed by atoms with Gasteiger partial charge in [0.25, 0.3) is 0 Å². The summed E-state index contributed by atoms with van der Waals surface area (Å²) in [5.74, 6) is 1.03. The number of imidazole rings is 1. The maximum absolute atomic E-state index is 12.5. The summed E-state index contributed by atoms with van der Waals surface area (Å²) in [6.07, 6.45) is 6.79. The topological polar surface area (TPSA) is 71.8 Å². The Hall–Kier alpha value is -2.15. The van der Waals surface area contributed by atoms with Crippen molar-refractivity contribution in [3.8, 4) is 0 Å². The van der Waals surface area contributed by atoms with Crippen LogP contribution in [0.2, 0.25) is 0 Å². The highest BCUT2D eigenvalue weighted by Crippen LogP contribution is 2.20. The number of fused-ring (bicyclic) bond motifs is 1. The lowest BCUT2D eigenvalue weighted by Crippen LogP contribution is -2.35. The van der Waals surface area contributed by atoms with E-state index < -0.39 is 0 Å². The first kappa shape index (κ1) is 16.3. The highest BCUT2D eigenvalue weighted by molar-refractivity contribution is 5.77.